The Morgan fingerprint density at radius 3 is 1.86 bits per heavy atom. The number of esters is 1. The highest BCUT2D eigenvalue weighted by Gasteiger charge is 2.05. The van der Waals surface area contributed by atoms with Crippen LogP contribution in [-0.4, -0.2) is 29.4 Å². The van der Waals surface area contributed by atoms with Gasteiger partial charge in [0.25, 0.3) is 0 Å². The maximum Gasteiger partial charge on any atom is 0.338 e. The fraction of sp³-hybridized carbons (Fsp3) is 0.235. The largest absolute Gasteiger partial charge is 0.457 e. The normalized spacial score (nSPS) is 9.43. The SMILES string of the molecule is O=C(OCc1ccccc1)c1ccccc1.OCCCO. The lowest BCUT2D eigenvalue weighted by Crippen LogP contribution is -2.04. The predicted octanol–water partition coefficient (Wildman–Crippen LogP) is 2.40. The minimum atomic E-state index is -0.288. The summed E-state index contributed by atoms with van der Waals surface area (Å²) in [4.78, 5) is 11.6. The van der Waals surface area contributed by atoms with Crippen molar-refractivity contribution in [2.45, 2.75) is 13.0 Å². The number of carbonyl (C=O) groups is 1. The van der Waals surface area contributed by atoms with Crippen LogP contribution >= 0.6 is 0 Å². The number of rotatable bonds is 5. The van der Waals surface area contributed by atoms with E-state index in [1.165, 1.54) is 0 Å². The Labute approximate surface area is 124 Å². The van der Waals surface area contributed by atoms with Crippen molar-refractivity contribution in [3.8, 4) is 0 Å². The van der Waals surface area contributed by atoms with E-state index >= 15 is 0 Å². The van der Waals surface area contributed by atoms with Gasteiger partial charge in [0.05, 0.1) is 5.56 Å². The predicted molar refractivity (Wildman–Crippen MR) is 80.8 cm³/mol. The highest BCUT2D eigenvalue weighted by atomic mass is 16.5. The average Bonchev–Trinajstić information content (AvgIpc) is 2.56. The van der Waals surface area contributed by atoms with E-state index in [-0.39, 0.29) is 19.2 Å². The fourth-order valence-electron chi connectivity index (χ4n) is 1.45. The number of aliphatic hydroxyl groups excluding tert-OH is 2. The maximum absolute atomic E-state index is 11.6. The molecule has 0 saturated carbocycles. The van der Waals surface area contributed by atoms with Crippen molar-refractivity contribution in [2.24, 2.45) is 0 Å². The zero-order valence-electron chi connectivity index (χ0n) is 11.8. The molecule has 0 aliphatic heterocycles. The second kappa shape index (κ2) is 10.6. The van der Waals surface area contributed by atoms with Gasteiger partial charge in [-0.2, -0.15) is 0 Å². The average molecular weight is 288 g/mol. The maximum atomic E-state index is 11.6. The Balaban J connectivity index is 0.000000383. The van der Waals surface area contributed by atoms with Crippen molar-refractivity contribution < 1.29 is 19.7 Å². The van der Waals surface area contributed by atoms with Crippen molar-refractivity contribution in [3.05, 3.63) is 71.8 Å². The van der Waals surface area contributed by atoms with E-state index in [1.54, 1.807) is 12.1 Å². The summed E-state index contributed by atoms with van der Waals surface area (Å²) in [5.74, 6) is -0.288. The smallest absolute Gasteiger partial charge is 0.338 e. The summed E-state index contributed by atoms with van der Waals surface area (Å²) in [6.45, 7) is 0.502. The lowest BCUT2D eigenvalue weighted by Gasteiger charge is -2.04. The third-order valence-electron chi connectivity index (χ3n) is 2.54. The summed E-state index contributed by atoms with van der Waals surface area (Å²) in [5, 5.41) is 15.8. The highest BCUT2D eigenvalue weighted by Crippen LogP contribution is 2.05. The summed E-state index contributed by atoms with van der Waals surface area (Å²) in [6.07, 6.45) is 0.500. The van der Waals surface area contributed by atoms with E-state index in [9.17, 15) is 4.79 Å². The molecule has 0 aliphatic rings. The van der Waals surface area contributed by atoms with Crippen LogP contribution in [0.25, 0.3) is 0 Å². The molecule has 0 unspecified atom stereocenters. The molecule has 0 bridgehead atoms. The van der Waals surface area contributed by atoms with Gasteiger partial charge in [-0.3, -0.25) is 0 Å². The minimum absolute atomic E-state index is 0.0938. The molecule has 0 radical (unpaired) electrons. The third kappa shape index (κ3) is 7.25. The van der Waals surface area contributed by atoms with Gasteiger partial charge in [-0.05, 0) is 24.1 Å². The topological polar surface area (TPSA) is 66.8 Å². The van der Waals surface area contributed by atoms with Crippen LogP contribution < -0.4 is 0 Å². The standard InChI is InChI=1S/C14H12O2.C3H8O2/c15-14(13-9-5-2-6-10-13)16-11-12-7-3-1-4-8-12;4-2-1-3-5/h1-10H,11H2;4-5H,1-3H2. The molecule has 21 heavy (non-hydrogen) atoms. The molecule has 2 rings (SSSR count). The van der Waals surface area contributed by atoms with E-state index in [0.29, 0.717) is 18.6 Å². The first-order valence-electron chi connectivity index (χ1n) is 6.75. The van der Waals surface area contributed by atoms with Crippen molar-refractivity contribution in [2.75, 3.05) is 13.2 Å². The molecule has 2 aromatic carbocycles. The molecule has 0 atom stereocenters. The molecule has 112 valence electrons. The van der Waals surface area contributed by atoms with E-state index in [2.05, 4.69) is 0 Å². The number of hydrogen-bond acceptors (Lipinski definition) is 4. The summed E-state index contributed by atoms with van der Waals surface area (Å²) in [7, 11) is 0. The molecule has 4 heteroatoms. The Morgan fingerprint density at radius 1 is 0.857 bits per heavy atom. The lowest BCUT2D eigenvalue weighted by molar-refractivity contribution is 0.0472. The quantitative estimate of drug-likeness (QED) is 0.829. The van der Waals surface area contributed by atoms with Gasteiger partial charge in [0.1, 0.15) is 6.61 Å². The second-order valence-electron chi connectivity index (χ2n) is 4.23. The molecular formula is C17H20O4. The molecule has 2 N–H and O–H groups in total. The van der Waals surface area contributed by atoms with E-state index < -0.39 is 0 Å². The summed E-state index contributed by atoms with van der Waals surface area (Å²) >= 11 is 0. The van der Waals surface area contributed by atoms with Gasteiger partial charge in [-0.25, -0.2) is 4.79 Å². The van der Waals surface area contributed by atoms with Crippen LogP contribution in [0.4, 0.5) is 0 Å². The number of ether oxygens (including phenoxy) is 1. The highest BCUT2D eigenvalue weighted by molar-refractivity contribution is 5.89. The zero-order chi connectivity index (χ0) is 15.3. The van der Waals surface area contributed by atoms with Crippen molar-refractivity contribution >= 4 is 5.97 Å². The zero-order valence-corrected chi connectivity index (χ0v) is 11.8. The number of benzene rings is 2. The summed E-state index contributed by atoms with van der Waals surface area (Å²) in [5.41, 5.74) is 1.57. The first kappa shape index (κ1) is 16.9. The molecule has 0 amide bonds. The van der Waals surface area contributed by atoms with Gasteiger partial charge >= 0.3 is 5.97 Å². The number of hydrogen-bond donors (Lipinski definition) is 2. The molecule has 0 aliphatic carbocycles. The molecule has 0 spiro atoms. The Morgan fingerprint density at radius 2 is 1.38 bits per heavy atom. The van der Waals surface area contributed by atoms with Gasteiger partial charge < -0.3 is 14.9 Å². The molecule has 4 nitrogen and oxygen atoms in total. The van der Waals surface area contributed by atoms with Gasteiger partial charge in [0, 0.05) is 13.2 Å². The number of aliphatic hydroxyl groups is 2. The van der Waals surface area contributed by atoms with Gasteiger partial charge in [0.15, 0.2) is 0 Å². The second-order valence-corrected chi connectivity index (χ2v) is 4.23. The van der Waals surface area contributed by atoms with E-state index in [0.717, 1.165) is 5.56 Å². The monoisotopic (exact) mass is 288 g/mol. The van der Waals surface area contributed by atoms with E-state index in [1.807, 2.05) is 48.5 Å². The van der Waals surface area contributed by atoms with Crippen molar-refractivity contribution in [1.29, 1.82) is 0 Å². The fourth-order valence-corrected chi connectivity index (χ4v) is 1.45. The first-order valence-corrected chi connectivity index (χ1v) is 6.75. The molecule has 0 aromatic heterocycles. The molecule has 0 saturated heterocycles. The van der Waals surface area contributed by atoms with Crippen LogP contribution in [0.2, 0.25) is 0 Å². The molecule has 2 aromatic rings. The number of carbonyl (C=O) groups excluding carboxylic acids is 1. The van der Waals surface area contributed by atoms with Crippen LogP contribution in [0.5, 0.6) is 0 Å². The third-order valence-corrected chi connectivity index (χ3v) is 2.54. The first-order chi connectivity index (χ1) is 10.3. The lowest BCUT2D eigenvalue weighted by atomic mass is 10.2. The van der Waals surface area contributed by atoms with Crippen LogP contribution in [0, 0.1) is 0 Å². The van der Waals surface area contributed by atoms with Gasteiger partial charge in [0.2, 0.25) is 0 Å². The minimum Gasteiger partial charge on any atom is -0.457 e. The van der Waals surface area contributed by atoms with Crippen molar-refractivity contribution in [3.63, 3.8) is 0 Å². The van der Waals surface area contributed by atoms with Crippen LogP contribution in [0.15, 0.2) is 60.7 Å². The molecule has 0 fully saturated rings. The Bertz CT molecular complexity index is 495. The van der Waals surface area contributed by atoms with Gasteiger partial charge in [-0.15, -0.1) is 0 Å². The van der Waals surface area contributed by atoms with Crippen LogP contribution in [0.1, 0.15) is 22.3 Å². The summed E-state index contributed by atoms with van der Waals surface area (Å²) < 4.78 is 5.18. The molecule has 0 heterocycles. The molecular weight excluding hydrogens is 268 g/mol. The van der Waals surface area contributed by atoms with Crippen molar-refractivity contribution in [1.82, 2.24) is 0 Å². The van der Waals surface area contributed by atoms with Gasteiger partial charge in [-0.1, -0.05) is 48.5 Å². The van der Waals surface area contributed by atoms with E-state index in [4.69, 9.17) is 14.9 Å². The van der Waals surface area contributed by atoms with Crippen LogP contribution in [-0.2, 0) is 11.3 Å². The summed E-state index contributed by atoms with van der Waals surface area (Å²) in [6, 6.07) is 18.6. The Hall–Kier alpha value is -2.17. The Kier molecular flexibility index (Phi) is 8.52. The van der Waals surface area contributed by atoms with Crippen LogP contribution in [0.3, 0.4) is 0 Å².